The highest BCUT2D eigenvalue weighted by atomic mass is 32.2. The number of para-hydroxylation sites is 1. The van der Waals surface area contributed by atoms with Crippen LogP contribution in [0.5, 0.6) is 5.75 Å². The van der Waals surface area contributed by atoms with Crippen molar-refractivity contribution in [1.29, 1.82) is 0 Å². The first-order valence-corrected chi connectivity index (χ1v) is 10.7. The Hall–Kier alpha value is -2.91. The Morgan fingerprint density at radius 3 is 2.69 bits per heavy atom. The van der Waals surface area contributed by atoms with E-state index in [1.807, 2.05) is 60.9 Å². The summed E-state index contributed by atoms with van der Waals surface area (Å²) >= 11 is 2.80. The molecule has 4 rings (SSSR count). The number of thiazole rings is 1. The summed E-state index contributed by atoms with van der Waals surface area (Å²) in [6, 6.07) is 13.6. The van der Waals surface area contributed by atoms with Crippen molar-refractivity contribution in [2.45, 2.75) is 19.0 Å². The van der Waals surface area contributed by atoms with Crippen LogP contribution in [0.4, 0.5) is 5.13 Å². The average molecular weight is 426 g/mol. The van der Waals surface area contributed by atoms with Crippen molar-refractivity contribution in [3.05, 3.63) is 53.9 Å². The molecular weight excluding hydrogens is 406 g/mol. The molecule has 0 saturated carbocycles. The number of thioether (sulfide) groups is 1. The Morgan fingerprint density at radius 2 is 1.97 bits per heavy atom. The SMILES string of the molecule is COc1ccc(-n2c(C)nnc2SCC(=O)Nc2nc3c(C)cccc3s2)cc1. The fraction of sp³-hybridized carbons (Fsp3) is 0.200. The summed E-state index contributed by atoms with van der Waals surface area (Å²) in [6.07, 6.45) is 0. The van der Waals surface area contributed by atoms with Crippen LogP contribution in [0.25, 0.3) is 15.9 Å². The van der Waals surface area contributed by atoms with E-state index in [4.69, 9.17) is 4.74 Å². The quantitative estimate of drug-likeness (QED) is 0.466. The highest BCUT2D eigenvalue weighted by molar-refractivity contribution is 7.99. The Labute approximate surface area is 176 Å². The summed E-state index contributed by atoms with van der Waals surface area (Å²) in [5.74, 6) is 1.61. The van der Waals surface area contributed by atoms with Gasteiger partial charge in [0.05, 0.1) is 23.1 Å². The molecule has 1 N–H and O–H groups in total. The van der Waals surface area contributed by atoms with Crippen LogP contribution in [0.1, 0.15) is 11.4 Å². The van der Waals surface area contributed by atoms with Crippen molar-refractivity contribution < 1.29 is 9.53 Å². The molecule has 2 heterocycles. The number of methoxy groups -OCH3 is 1. The summed E-state index contributed by atoms with van der Waals surface area (Å²) in [5, 5.41) is 12.5. The largest absolute Gasteiger partial charge is 0.497 e. The Balaban J connectivity index is 1.46. The van der Waals surface area contributed by atoms with Gasteiger partial charge in [-0.1, -0.05) is 35.2 Å². The number of amides is 1. The average Bonchev–Trinajstić information content (AvgIpc) is 3.30. The van der Waals surface area contributed by atoms with Crippen LogP contribution < -0.4 is 10.1 Å². The topological polar surface area (TPSA) is 81.9 Å². The third-order valence-corrected chi connectivity index (χ3v) is 6.19. The summed E-state index contributed by atoms with van der Waals surface area (Å²) in [5.41, 5.74) is 2.94. The molecule has 0 spiro atoms. The molecule has 0 atom stereocenters. The number of benzene rings is 2. The number of anilines is 1. The molecule has 0 aliphatic heterocycles. The first-order valence-electron chi connectivity index (χ1n) is 8.90. The number of nitrogens with zero attached hydrogens (tertiary/aromatic N) is 4. The van der Waals surface area contributed by atoms with Gasteiger partial charge in [-0.3, -0.25) is 9.36 Å². The number of ether oxygens (including phenoxy) is 1. The summed E-state index contributed by atoms with van der Waals surface area (Å²) in [6.45, 7) is 3.89. The Kier molecular flexibility index (Phi) is 5.50. The number of fused-ring (bicyclic) bond motifs is 1. The van der Waals surface area contributed by atoms with Gasteiger partial charge in [-0.15, -0.1) is 10.2 Å². The van der Waals surface area contributed by atoms with Crippen LogP contribution in [0.15, 0.2) is 47.6 Å². The number of hydrogen-bond acceptors (Lipinski definition) is 7. The van der Waals surface area contributed by atoms with Gasteiger partial charge in [0, 0.05) is 5.69 Å². The van der Waals surface area contributed by atoms with E-state index in [2.05, 4.69) is 20.5 Å². The van der Waals surface area contributed by atoms with Gasteiger partial charge in [-0.2, -0.15) is 0 Å². The monoisotopic (exact) mass is 425 g/mol. The second-order valence-corrected chi connectivity index (χ2v) is 8.31. The highest BCUT2D eigenvalue weighted by Crippen LogP contribution is 2.28. The lowest BCUT2D eigenvalue weighted by molar-refractivity contribution is -0.113. The van der Waals surface area contributed by atoms with Crippen molar-refractivity contribution in [2.75, 3.05) is 18.2 Å². The van der Waals surface area contributed by atoms with Crippen LogP contribution in [-0.2, 0) is 4.79 Å². The lowest BCUT2D eigenvalue weighted by atomic mass is 10.2. The van der Waals surface area contributed by atoms with Gasteiger partial charge in [0.2, 0.25) is 5.91 Å². The fourth-order valence-corrected chi connectivity index (χ4v) is 4.65. The maximum Gasteiger partial charge on any atom is 0.236 e. The molecule has 2 aromatic heterocycles. The lowest BCUT2D eigenvalue weighted by Crippen LogP contribution is -2.14. The number of aryl methyl sites for hydroxylation is 2. The van der Waals surface area contributed by atoms with Crippen LogP contribution in [0.3, 0.4) is 0 Å². The molecule has 0 unspecified atom stereocenters. The van der Waals surface area contributed by atoms with E-state index in [0.29, 0.717) is 10.3 Å². The molecule has 2 aromatic carbocycles. The fourth-order valence-electron chi connectivity index (χ4n) is 2.89. The molecule has 1 amide bonds. The van der Waals surface area contributed by atoms with Crippen LogP contribution in [-0.4, -0.2) is 38.5 Å². The van der Waals surface area contributed by atoms with Crippen molar-refractivity contribution in [2.24, 2.45) is 0 Å². The molecule has 0 aliphatic carbocycles. The van der Waals surface area contributed by atoms with Gasteiger partial charge in [0.15, 0.2) is 10.3 Å². The maximum absolute atomic E-state index is 12.4. The van der Waals surface area contributed by atoms with Crippen LogP contribution in [0.2, 0.25) is 0 Å². The van der Waals surface area contributed by atoms with Crippen molar-refractivity contribution >= 4 is 44.4 Å². The smallest absolute Gasteiger partial charge is 0.236 e. The predicted octanol–water partition coefficient (Wildman–Crippen LogP) is 4.23. The highest BCUT2D eigenvalue weighted by Gasteiger charge is 2.15. The zero-order valence-electron chi connectivity index (χ0n) is 16.2. The van der Waals surface area contributed by atoms with E-state index in [-0.39, 0.29) is 11.7 Å². The second kappa shape index (κ2) is 8.22. The third kappa shape index (κ3) is 4.10. The molecule has 0 bridgehead atoms. The predicted molar refractivity (Wildman–Crippen MR) is 116 cm³/mol. The van der Waals surface area contributed by atoms with Gasteiger partial charge >= 0.3 is 0 Å². The molecule has 9 heteroatoms. The number of aromatic nitrogens is 4. The molecule has 7 nitrogen and oxygen atoms in total. The van der Waals surface area contributed by atoms with Gasteiger partial charge in [-0.25, -0.2) is 4.98 Å². The third-order valence-electron chi connectivity index (χ3n) is 4.33. The summed E-state index contributed by atoms with van der Waals surface area (Å²) in [4.78, 5) is 17.0. The Morgan fingerprint density at radius 1 is 1.17 bits per heavy atom. The molecule has 4 aromatic rings. The first-order chi connectivity index (χ1) is 14.0. The van der Waals surface area contributed by atoms with E-state index >= 15 is 0 Å². The zero-order valence-corrected chi connectivity index (χ0v) is 17.8. The van der Waals surface area contributed by atoms with Gasteiger partial charge in [0.1, 0.15) is 11.6 Å². The van der Waals surface area contributed by atoms with Crippen LogP contribution >= 0.6 is 23.1 Å². The lowest BCUT2D eigenvalue weighted by Gasteiger charge is -2.09. The van der Waals surface area contributed by atoms with Crippen molar-refractivity contribution in [3.63, 3.8) is 0 Å². The number of carbonyl (C=O) groups is 1. The number of carbonyl (C=O) groups excluding carboxylic acids is 1. The van der Waals surface area contributed by atoms with E-state index in [9.17, 15) is 4.79 Å². The minimum absolute atomic E-state index is 0.131. The summed E-state index contributed by atoms with van der Waals surface area (Å²) in [7, 11) is 1.63. The Bertz CT molecular complexity index is 1170. The van der Waals surface area contributed by atoms with Gasteiger partial charge in [-0.05, 0) is 49.7 Å². The van der Waals surface area contributed by atoms with Gasteiger partial charge < -0.3 is 10.1 Å². The van der Waals surface area contributed by atoms with E-state index in [1.54, 1.807) is 7.11 Å². The van der Waals surface area contributed by atoms with Crippen molar-refractivity contribution in [3.8, 4) is 11.4 Å². The normalized spacial score (nSPS) is 11.0. The zero-order chi connectivity index (χ0) is 20.4. The van der Waals surface area contributed by atoms with Crippen LogP contribution in [0, 0.1) is 13.8 Å². The molecule has 0 aliphatic rings. The molecular formula is C20H19N5O2S2. The number of hydrogen-bond donors (Lipinski definition) is 1. The van der Waals surface area contributed by atoms with E-state index in [1.165, 1.54) is 23.1 Å². The second-order valence-electron chi connectivity index (χ2n) is 6.34. The molecule has 0 saturated heterocycles. The first kappa shape index (κ1) is 19.4. The number of rotatable bonds is 6. The maximum atomic E-state index is 12.4. The van der Waals surface area contributed by atoms with E-state index in [0.717, 1.165) is 33.0 Å². The molecule has 0 radical (unpaired) electrons. The van der Waals surface area contributed by atoms with Gasteiger partial charge in [0.25, 0.3) is 0 Å². The van der Waals surface area contributed by atoms with Crippen molar-refractivity contribution in [1.82, 2.24) is 19.7 Å². The molecule has 29 heavy (non-hydrogen) atoms. The summed E-state index contributed by atoms with van der Waals surface area (Å²) < 4.78 is 8.18. The molecule has 0 fully saturated rings. The minimum Gasteiger partial charge on any atom is -0.497 e. The number of nitrogens with one attached hydrogen (secondary N) is 1. The standard InChI is InChI=1S/C20H19N5O2S2/c1-12-5-4-6-16-18(12)22-19(29-16)21-17(26)11-28-20-24-23-13(2)25(20)14-7-9-15(27-3)10-8-14/h4-10H,11H2,1-3H3,(H,21,22,26). The minimum atomic E-state index is -0.131. The molecule has 148 valence electrons. The van der Waals surface area contributed by atoms with E-state index < -0.39 is 0 Å².